The molecule has 0 bridgehead atoms. The van der Waals surface area contributed by atoms with E-state index in [1.165, 1.54) is 54.2 Å². The summed E-state index contributed by atoms with van der Waals surface area (Å²) in [5.74, 6) is 1.81. The summed E-state index contributed by atoms with van der Waals surface area (Å²) in [6.45, 7) is 0.0498. The Hall–Kier alpha value is -7.04. The molecule has 0 unspecified atom stereocenters. The predicted octanol–water partition coefficient (Wildman–Crippen LogP) is 11.3. The van der Waals surface area contributed by atoms with Crippen molar-refractivity contribution in [1.82, 2.24) is 4.57 Å². The smallest absolute Gasteiger partial charge is 0.250 e. The van der Waals surface area contributed by atoms with Crippen molar-refractivity contribution < 1.29 is 9.15 Å². The summed E-state index contributed by atoms with van der Waals surface area (Å²) in [4.78, 5) is 0. The number of furan rings is 1. The third-order valence-corrected chi connectivity index (χ3v) is 11.5. The van der Waals surface area contributed by atoms with Crippen molar-refractivity contribution in [3.63, 3.8) is 0 Å². The summed E-state index contributed by atoms with van der Waals surface area (Å²) in [6.07, 6.45) is 0. The maximum Gasteiger partial charge on any atom is 0.250 e. The number of fused-ring (bicyclic) bond motifs is 12. The molecule has 0 saturated carbocycles. The maximum absolute atomic E-state index is 7.15. The Morgan fingerprint density at radius 1 is 0.444 bits per heavy atom. The van der Waals surface area contributed by atoms with Crippen LogP contribution in [-0.2, 0) is 0 Å². The van der Waals surface area contributed by atoms with Crippen LogP contribution in [0, 0.1) is 0 Å². The summed E-state index contributed by atoms with van der Waals surface area (Å²) in [6, 6.07) is 65.3. The molecule has 0 atom stereocenters. The van der Waals surface area contributed by atoms with Crippen molar-refractivity contribution in [1.29, 1.82) is 0 Å². The molecule has 0 spiro atoms. The molecule has 4 heteroatoms. The zero-order valence-electron chi connectivity index (χ0n) is 29.2. The molecule has 0 N–H and O–H groups in total. The number of para-hydroxylation sites is 4. The molecule has 250 valence electrons. The van der Waals surface area contributed by atoms with E-state index in [2.05, 4.69) is 174 Å². The second-order valence-corrected chi connectivity index (χ2v) is 14.4. The lowest BCUT2D eigenvalue weighted by Crippen LogP contribution is -2.54. The molecule has 1 aliphatic rings. The molecule has 54 heavy (non-hydrogen) atoms. The topological polar surface area (TPSA) is 27.3 Å². The quantitative estimate of drug-likeness (QED) is 0.173. The van der Waals surface area contributed by atoms with Gasteiger partial charge >= 0.3 is 0 Å². The van der Waals surface area contributed by atoms with Crippen molar-refractivity contribution in [3.8, 4) is 28.3 Å². The minimum absolute atomic E-state index is 0.0498. The molecule has 12 rings (SSSR count). The molecule has 0 radical (unpaired) electrons. The van der Waals surface area contributed by atoms with E-state index in [1.54, 1.807) is 0 Å². The molecule has 0 saturated heterocycles. The molecule has 0 amide bonds. The van der Waals surface area contributed by atoms with Gasteiger partial charge in [0.1, 0.15) is 17.1 Å². The molecule has 1 aliphatic heterocycles. The van der Waals surface area contributed by atoms with Crippen molar-refractivity contribution in [2.75, 3.05) is 0 Å². The number of rotatable bonds is 3. The number of hydrogen-bond donors (Lipinski definition) is 0. The van der Waals surface area contributed by atoms with Crippen LogP contribution in [0.1, 0.15) is 0 Å². The average molecular weight is 688 g/mol. The fourth-order valence-electron chi connectivity index (χ4n) is 9.16. The van der Waals surface area contributed by atoms with Crippen LogP contribution in [0.25, 0.3) is 82.1 Å². The van der Waals surface area contributed by atoms with Crippen molar-refractivity contribution in [2.24, 2.45) is 0 Å². The van der Waals surface area contributed by atoms with Crippen LogP contribution in [0.4, 0.5) is 0 Å². The van der Waals surface area contributed by atoms with E-state index in [0.717, 1.165) is 55.8 Å². The van der Waals surface area contributed by atoms with Gasteiger partial charge in [0.05, 0.1) is 16.7 Å². The summed E-state index contributed by atoms with van der Waals surface area (Å²) in [5, 5.41) is 9.63. The first kappa shape index (κ1) is 29.5. The van der Waals surface area contributed by atoms with Crippen LogP contribution in [0.2, 0.25) is 0 Å². The molecule has 9 aromatic carbocycles. The third kappa shape index (κ3) is 4.14. The number of hydrogen-bond acceptors (Lipinski definition) is 2. The minimum atomic E-state index is 0.0498. The number of aromatic nitrogens is 1. The lowest BCUT2D eigenvalue weighted by Gasteiger charge is -2.26. The second kappa shape index (κ2) is 11.2. The van der Waals surface area contributed by atoms with E-state index < -0.39 is 0 Å². The number of ether oxygens (including phenoxy) is 1. The Bertz CT molecular complexity index is 3290. The maximum atomic E-state index is 7.15. The van der Waals surface area contributed by atoms with Gasteiger partial charge in [-0.2, -0.15) is 0 Å². The molecule has 2 aromatic heterocycles. The summed E-state index contributed by atoms with van der Waals surface area (Å²) in [5.41, 5.74) is 10.9. The van der Waals surface area contributed by atoms with Crippen LogP contribution in [-0.4, -0.2) is 11.3 Å². The molecule has 0 fully saturated rings. The Labute approximate surface area is 311 Å². The second-order valence-electron chi connectivity index (χ2n) is 14.4. The lowest BCUT2D eigenvalue weighted by atomic mass is 9.36. The van der Waals surface area contributed by atoms with Gasteiger partial charge in [0, 0.05) is 32.5 Å². The lowest BCUT2D eigenvalue weighted by molar-refractivity contribution is 0.487. The Morgan fingerprint density at radius 2 is 1.07 bits per heavy atom. The van der Waals surface area contributed by atoms with Gasteiger partial charge in [-0.25, -0.2) is 0 Å². The van der Waals surface area contributed by atoms with Crippen LogP contribution < -0.4 is 21.1 Å². The van der Waals surface area contributed by atoms with E-state index in [4.69, 9.17) is 9.15 Å². The zero-order chi connectivity index (χ0) is 35.3. The van der Waals surface area contributed by atoms with Gasteiger partial charge in [-0.3, -0.25) is 0 Å². The van der Waals surface area contributed by atoms with Gasteiger partial charge in [0.2, 0.25) is 0 Å². The fourth-order valence-corrected chi connectivity index (χ4v) is 9.16. The molecule has 3 nitrogen and oxygen atoms in total. The Balaban J connectivity index is 1.10. The van der Waals surface area contributed by atoms with Crippen molar-refractivity contribution in [3.05, 3.63) is 182 Å². The first-order valence-corrected chi connectivity index (χ1v) is 18.5. The van der Waals surface area contributed by atoms with E-state index in [9.17, 15) is 0 Å². The fraction of sp³-hybridized carbons (Fsp3) is 0. The monoisotopic (exact) mass is 687 g/mol. The first-order chi connectivity index (χ1) is 26.8. The SMILES string of the molecule is c1cc(B2c3ccccc3Oc3ccccc32)cc(-c2cccc3c2oc2c(-n4c5ccc6ccccc6c5c5ccc6ccccc6c54)cccc23)c1. The number of nitrogens with zero attached hydrogens (tertiary/aromatic N) is 1. The standard InChI is InChI=1S/C50H30BNO2/c1-3-16-35-31(12-1)27-29-43-47(35)40-28-26-32-13-2-4-17-36(32)48(40)52(43)44-23-11-20-39-38-19-10-18-37(49(38)54-50(39)44)33-14-9-15-34(30-33)51-41-21-5-7-24-45(41)53-46-25-8-6-22-42(46)51/h1-30H. The van der Waals surface area contributed by atoms with Crippen LogP contribution in [0.15, 0.2) is 186 Å². The summed E-state index contributed by atoms with van der Waals surface area (Å²) < 4.78 is 15.9. The Kier molecular flexibility index (Phi) is 6.14. The largest absolute Gasteiger partial charge is 0.458 e. The minimum Gasteiger partial charge on any atom is -0.458 e. The highest BCUT2D eigenvalue weighted by Gasteiger charge is 2.32. The van der Waals surface area contributed by atoms with E-state index in [1.807, 2.05) is 12.1 Å². The van der Waals surface area contributed by atoms with Crippen LogP contribution in [0.3, 0.4) is 0 Å². The van der Waals surface area contributed by atoms with Gasteiger partial charge in [0.15, 0.2) is 5.58 Å². The highest BCUT2D eigenvalue weighted by atomic mass is 16.5. The van der Waals surface area contributed by atoms with Gasteiger partial charge in [-0.1, -0.05) is 163 Å². The molecular formula is C50H30BNO2. The van der Waals surface area contributed by atoms with E-state index >= 15 is 0 Å². The zero-order valence-corrected chi connectivity index (χ0v) is 29.2. The molecule has 3 heterocycles. The molecular weight excluding hydrogens is 657 g/mol. The van der Waals surface area contributed by atoms with Gasteiger partial charge in [-0.15, -0.1) is 0 Å². The molecule has 11 aromatic rings. The summed E-state index contributed by atoms with van der Waals surface area (Å²) in [7, 11) is 0. The van der Waals surface area contributed by atoms with E-state index in [-0.39, 0.29) is 6.71 Å². The van der Waals surface area contributed by atoms with Gasteiger partial charge < -0.3 is 13.7 Å². The third-order valence-electron chi connectivity index (χ3n) is 11.5. The van der Waals surface area contributed by atoms with Crippen LogP contribution in [0.5, 0.6) is 11.5 Å². The molecule has 0 aliphatic carbocycles. The predicted molar refractivity (Wildman–Crippen MR) is 226 cm³/mol. The van der Waals surface area contributed by atoms with Gasteiger partial charge in [0.25, 0.3) is 6.71 Å². The summed E-state index contributed by atoms with van der Waals surface area (Å²) >= 11 is 0. The number of benzene rings is 9. The van der Waals surface area contributed by atoms with Crippen molar-refractivity contribution in [2.45, 2.75) is 0 Å². The van der Waals surface area contributed by atoms with Crippen LogP contribution >= 0.6 is 0 Å². The van der Waals surface area contributed by atoms with Crippen molar-refractivity contribution >= 4 is 88.4 Å². The average Bonchev–Trinajstić information content (AvgIpc) is 3.79. The Morgan fingerprint density at radius 3 is 1.89 bits per heavy atom. The van der Waals surface area contributed by atoms with E-state index in [0.29, 0.717) is 0 Å². The highest BCUT2D eigenvalue weighted by Crippen LogP contribution is 2.43. The first-order valence-electron chi connectivity index (χ1n) is 18.5. The normalized spacial score (nSPS) is 12.6. The highest BCUT2D eigenvalue weighted by molar-refractivity contribution is 6.97. The van der Waals surface area contributed by atoms with Gasteiger partial charge in [-0.05, 0) is 56.9 Å².